The molecule has 4 N–H and O–H groups in total. The maximum absolute atomic E-state index is 13.3. The Morgan fingerprint density at radius 1 is 1.20 bits per heavy atom. The van der Waals surface area contributed by atoms with Crippen molar-refractivity contribution in [1.82, 2.24) is 19.9 Å². The lowest BCUT2D eigenvalue weighted by Gasteiger charge is -2.15. The Morgan fingerprint density at radius 3 is 2.77 bits per heavy atom. The normalized spacial score (nSPS) is 13.1. The number of hydrogen-bond acceptors (Lipinski definition) is 6. The van der Waals surface area contributed by atoms with Crippen molar-refractivity contribution in [2.24, 2.45) is 0 Å². The summed E-state index contributed by atoms with van der Waals surface area (Å²) in [6, 6.07) is 5.15. The highest BCUT2D eigenvalue weighted by Gasteiger charge is 2.35. The van der Waals surface area contributed by atoms with Crippen LogP contribution in [-0.2, 0) is 23.8 Å². The molecule has 1 amide bonds. The van der Waals surface area contributed by atoms with Crippen molar-refractivity contribution in [2.45, 2.75) is 25.9 Å². The van der Waals surface area contributed by atoms with Gasteiger partial charge in [0.1, 0.15) is 17.2 Å². The van der Waals surface area contributed by atoms with E-state index in [0.29, 0.717) is 17.9 Å². The fourth-order valence-corrected chi connectivity index (χ4v) is 3.11. The van der Waals surface area contributed by atoms with Gasteiger partial charge in [-0.25, -0.2) is 9.97 Å². The number of benzene rings is 1. The Balaban J connectivity index is 1.52. The number of carbonyl (C=O) groups excluding carboxylic acids is 1. The van der Waals surface area contributed by atoms with Crippen molar-refractivity contribution < 1.29 is 18.0 Å². The van der Waals surface area contributed by atoms with E-state index in [0.717, 1.165) is 23.1 Å². The summed E-state index contributed by atoms with van der Waals surface area (Å²) in [6.45, 7) is 2.05. The zero-order valence-electron chi connectivity index (χ0n) is 15.9. The van der Waals surface area contributed by atoms with Gasteiger partial charge in [0.25, 0.3) is 0 Å². The van der Waals surface area contributed by atoms with E-state index < -0.39 is 11.7 Å². The van der Waals surface area contributed by atoms with Gasteiger partial charge in [-0.05, 0) is 30.7 Å². The van der Waals surface area contributed by atoms with Gasteiger partial charge in [0.15, 0.2) is 0 Å². The van der Waals surface area contributed by atoms with Crippen molar-refractivity contribution >= 4 is 29.0 Å². The molecule has 156 valence electrons. The predicted molar refractivity (Wildman–Crippen MR) is 105 cm³/mol. The molecule has 1 aromatic carbocycles. The van der Waals surface area contributed by atoms with E-state index in [1.807, 2.05) is 6.92 Å². The highest BCUT2D eigenvalue weighted by atomic mass is 19.4. The monoisotopic (exact) mass is 417 g/mol. The lowest BCUT2D eigenvalue weighted by atomic mass is 10.1. The number of aryl methyl sites for hydroxylation is 1. The fraction of sp³-hybridized carbons (Fsp3) is 0.263. The van der Waals surface area contributed by atoms with Gasteiger partial charge in [0.2, 0.25) is 11.9 Å². The number of H-pyrrole nitrogens is 1. The number of aromatic nitrogens is 4. The number of nitrogens with one attached hydrogen (secondary N) is 4. The van der Waals surface area contributed by atoms with Crippen LogP contribution < -0.4 is 16.0 Å². The molecule has 2 aromatic heterocycles. The molecule has 0 spiro atoms. The SMILES string of the molecule is Cc1cnc(CCNc2nc(Nc3ccc4c(c3)CC(=O)N4)ncc2C(F)(F)F)[nH]1. The summed E-state index contributed by atoms with van der Waals surface area (Å²) in [4.78, 5) is 26.4. The van der Waals surface area contributed by atoms with Crippen LogP contribution in [0.4, 0.5) is 36.3 Å². The third-order valence-corrected chi connectivity index (χ3v) is 4.49. The molecule has 11 heteroatoms. The van der Waals surface area contributed by atoms with Gasteiger partial charge < -0.3 is 20.9 Å². The van der Waals surface area contributed by atoms with E-state index in [-0.39, 0.29) is 30.6 Å². The largest absolute Gasteiger partial charge is 0.421 e. The molecule has 0 saturated heterocycles. The molecule has 3 aromatic rings. The lowest BCUT2D eigenvalue weighted by Crippen LogP contribution is -2.16. The standard InChI is InChI=1S/C19H18F3N7O/c1-10-8-24-15(26-10)4-5-23-17-13(19(20,21)22)9-25-18(29-17)27-12-2-3-14-11(6-12)7-16(30)28-14/h2-3,6,8-9H,4-5,7H2,1H3,(H,24,26)(H,28,30)(H2,23,25,27,29). The van der Waals surface area contributed by atoms with Crippen LogP contribution in [0.15, 0.2) is 30.6 Å². The first-order valence-electron chi connectivity index (χ1n) is 9.16. The highest BCUT2D eigenvalue weighted by Crippen LogP contribution is 2.34. The van der Waals surface area contributed by atoms with Crippen LogP contribution in [0.5, 0.6) is 0 Å². The summed E-state index contributed by atoms with van der Waals surface area (Å²) in [5.74, 6) is 0.256. The maximum Gasteiger partial charge on any atom is 0.421 e. The average Bonchev–Trinajstić information content (AvgIpc) is 3.25. The second kappa shape index (κ2) is 7.65. The molecule has 4 rings (SSSR count). The number of anilines is 4. The Kier molecular flexibility index (Phi) is 5.02. The number of fused-ring (bicyclic) bond motifs is 1. The summed E-state index contributed by atoms with van der Waals surface area (Å²) < 4.78 is 40.0. The van der Waals surface area contributed by atoms with Gasteiger partial charge in [-0.2, -0.15) is 18.2 Å². The van der Waals surface area contributed by atoms with Gasteiger partial charge in [-0.1, -0.05) is 0 Å². The van der Waals surface area contributed by atoms with Gasteiger partial charge in [-0.15, -0.1) is 0 Å². The third-order valence-electron chi connectivity index (χ3n) is 4.49. The molecule has 0 aliphatic carbocycles. The summed E-state index contributed by atoms with van der Waals surface area (Å²) in [6.07, 6.45) is -1.54. The molecule has 0 atom stereocenters. The highest BCUT2D eigenvalue weighted by molar-refractivity contribution is 5.99. The average molecular weight is 417 g/mol. The molecular formula is C19H18F3N7O. The van der Waals surface area contributed by atoms with Crippen LogP contribution in [0.2, 0.25) is 0 Å². The summed E-state index contributed by atoms with van der Waals surface area (Å²) in [5.41, 5.74) is 2.01. The third kappa shape index (κ3) is 4.34. The van der Waals surface area contributed by atoms with Gasteiger partial charge >= 0.3 is 6.18 Å². The Hall–Kier alpha value is -3.63. The molecule has 1 aliphatic heterocycles. The zero-order valence-corrected chi connectivity index (χ0v) is 15.9. The van der Waals surface area contributed by atoms with Crippen molar-refractivity contribution in [2.75, 3.05) is 22.5 Å². The number of amides is 1. The first kappa shape index (κ1) is 19.7. The van der Waals surface area contributed by atoms with E-state index in [4.69, 9.17) is 0 Å². The molecular weight excluding hydrogens is 399 g/mol. The minimum Gasteiger partial charge on any atom is -0.369 e. The minimum atomic E-state index is -4.60. The number of nitrogens with zero attached hydrogens (tertiary/aromatic N) is 3. The summed E-state index contributed by atoms with van der Waals surface area (Å²) >= 11 is 0. The van der Waals surface area contributed by atoms with Crippen LogP contribution in [0.3, 0.4) is 0 Å². The number of rotatable bonds is 6. The molecule has 0 radical (unpaired) electrons. The smallest absolute Gasteiger partial charge is 0.369 e. The fourth-order valence-electron chi connectivity index (χ4n) is 3.11. The maximum atomic E-state index is 13.3. The molecule has 0 unspecified atom stereocenters. The number of carbonyl (C=O) groups is 1. The van der Waals surface area contributed by atoms with Crippen LogP contribution in [0, 0.1) is 6.92 Å². The number of hydrogen-bond donors (Lipinski definition) is 4. The predicted octanol–water partition coefficient (Wildman–Crippen LogP) is 3.42. The van der Waals surface area contributed by atoms with Crippen LogP contribution in [-0.4, -0.2) is 32.4 Å². The number of alkyl halides is 3. The molecule has 30 heavy (non-hydrogen) atoms. The summed E-state index contributed by atoms with van der Waals surface area (Å²) in [7, 11) is 0. The first-order chi connectivity index (χ1) is 14.3. The molecule has 8 nitrogen and oxygen atoms in total. The van der Waals surface area contributed by atoms with Crippen molar-refractivity contribution in [3.05, 3.63) is 53.2 Å². The molecule has 3 heterocycles. The van der Waals surface area contributed by atoms with E-state index in [9.17, 15) is 18.0 Å². The van der Waals surface area contributed by atoms with E-state index in [1.165, 1.54) is 0 Å². The van der Waals surface area contributed by atoms with Crippen LogP contribution in [0.25, 0.3) is 0 Å². The van der Waals surface area contributed by atoms with Crippen LogP contribution in [0.1, 0.15) is 22.6 Å². The Morgan fingerprint density at radius 2 is 2.03 bits per heavy atom. The summed E-state index contributed by atoms with van der Waals surface area (Å²) in [5, 5.41) is 8.34. The number of halogens is 3. The second-order valence-electron chi connectivity index (χ2n) is 6.87. The van der Waals surface area contributed by atoms with Crippen molar-refractivity contribution in [3.8, 4) is 0 Å². The molecule has 0 fully saturated rings. The molecule has 0 bridgehead atoms. The quantitative estimate of drug-likeness (QED) is 0.490. The Labute approximate surface area is 169 Å². The van der Waals surface area contributed by atoms with E-state index in [2.05, 4.69) is 35.9 Å². The van der Waals surface area contributed by atoms with Gasteiger partial charge in [-0.3, -0.25) is 4.79 Å². The molecule has 0 saturated carbocycles. The first-order valence-corrected chi connectivity index (χ1v) is 9.16. The van der Waals surface area contributed by atoms with Crippen molar-refractivity contribution in [3.63, 3.8) is 0 Å². The van der Waals surface area contributed by atoms with Crippen molar-refractivity contribution in [1.29, 1.82) is 0 Å². The Bertz CT molecular complexity index is 1090. The second-order valence-corrected chi connectivity index (χ2v) is 6.87. The number of aromatic amines is 1. The minimum absolute atomic E-state index is 0.0107. The number of imidazole rings is 1. The zero-order chi connectivity index (χ0) is 21.3. The van der Waals surface area contributed by atoms with Gasteiger partial charge in [0, 0.05) is 42.4 Å². The van der Waals surface area contributed by atoms with Crippen LogP contribution >= 0.6 is 0 Å². The van der Waals surface area contributed by atoms with E-state index >= 15 is 0 Å². The lowest BCUT2D eigenvalue weighted by molar-refractivity contribution is -0.137. The van der Waals surface area contributed by atoms with E-state index in [1.54, 1.807) is 24.4 Å². The van der Waals surface area contributed by atoms with Gasteiger partial charge in [0.05, 0.1) is 6.42 Å². The topological polar surface area (TPSA) is 108 Å². The molecule has 1 aliphatic rings.